The third-order valence-corrected chi connectivity index (χ3v) is 1.77. The highest BCUT2D eigenvalue weighted by molar-refractivity contribution is 5.87. The number of hydrogen-bond acceptors (Lipinski definition) is 4. The summed E-state index contributed by atoms with van der Waals surface area (Å²) in [5.74, 6) is -0.435. The smallest absolute Gasteiger partial charge is 0.311 e. The summed E-state index contributed by atoms with van der Waals surface area (Å²) in [7, 11) is 1.45. The first-order chi connectivity index (χ1) is 6.44. The topological polar surface area (TPSA) is 52.6 Å². The molecule has 0 amide bonds. The molecule has 82 valence electrons. The molecule has 0 spiro atoms. The highest BCUT2D eigenvalue weighted by atomic mass is 16.5. The number of ketones is 1. The molecule has 0 radical (unpaired) electrons. The molecule has 14 heavy (non-hydrogen) atoms. The van der Waals surface area contributed by atoms with Gasteiger partial charge in [-0.1, -0.05) is 0 Å². The van der Waals surface area contributed by atoms with Crippen LogP contribution in [0.3, 0.4) is 0 Å². The lowest BCUT2D eigenvalue weighted by Crippen LogP contribution is -2.30. The molecule has 0 atom stereocenters. The summed E-state index contributed by atoms with van der Waals surface area (Å²) in [6.07, 6.45) is 0.152. The van der Waals surface area contributed by atoms with Gasteiger partial charge in [-0.05, 0) is 20.8 Å². The predicted octanol–water partition coefficient (Wildman–Crippen LogP) is 1.18. The lowest BCUT2D eigenvalue weighted by atomic mass is 9.87. The average molecular weight is 202 g/mol. The molecule has 0 aliphatic heterocycles. The summed E-state index contributed by atoms with van der Waals surface area (Å²) in [5.41, 5.74) is -0.758. The number of carbonyl (C=O) groups excluding carboxylic acids is 2. The van der Waals surface area contributed by atoms with Crippen LogP contribution in [-0.2, 0) is 19.1 Å². The lowest BCUT2D eigenvalue weighted by Gasteiger charge is -2.20. The minimum atomic E-state index is -0.758. The molecule has 0 aliphatic rings. The quantitative estimate of drug-likeness (QED) is 0.607. The van der Waals surface area contributed by atoms with Gasteiger partial charge in [-0.15, -0.1) is 0 Å². The van der Waals surface area contributed by atoms with Crippen LogP contribution in [0.2, 0.25) is 0 Å². The first-order valence-electron chi connectivity index (χ1n) is 4.62. The Morgan fingerprint density at radius 2 is 1.86 bits per heavy atom. The lowest BCUT2D eigenvalue weighted by molar-refractivity contribution is -0.155. The zero-order chi connectivity index (χ0) is 11.2. The molecule has 0 aromatic heterocycles. The summed E-state index contributed by atoms with van der Waals surface area (Å²) in [4.78, 5) is 22.6. The summed E-state index contributed by atoms with van der Waals surface area (Å²) >= 11 is 0. The normalized spacial score (nSPS) is 11.1. The van der Waals surface area contributed by atoms with Gasteiger partial charge in [0.15, 0.2) is 5.78 Å². The van der Waals surface area contributed by atoms with Crippen LogP contribution < -0.4 is 0 Å². The van der Waals surface area contributed by atoms with E-state index in [2.05, 4.69) is 4.74 Å². The fourth-order valence-corrected chi connectivity index (χ4v) is 1.10. The molecule has 0 unspecified atom stereocenters. The molecular weight excluding hydrogens is 184 g/mol. The summed E-state index contributed by atoms with van der Waals surface area (Å²) in [6.45, 7) is 5.51. The van der Waals surface area contributed by atoms with Crippen molar-refractivity contribution in [1.82, 2.24) is 0 Å². The fourth-order valence-electron chi connectivity index (χ4n) is 1.10. The third kappa shape index (κ3) is 4.37. The number of methoxy groups -OCH3 is 1. The fraction of sp³-hybridized carbons (Fsp3) is 0.800. The van der Waals surface area contributed by atoms with Crippen LogP contribution in [0, 0.1) is 5.41 Å². The van der Waals surface area contributed by atoms with Crippen molar-refractivity contribution in [3.05, 3.63) is 0 Å². The van der Waals surface area contributed by atoms with Crippen LogP contribution in [0.5, 0.6) is 0 Å². The molecule has 0 saturated carbocycles. The monoisotopic (exact) mass is 202 g/mol. The molecule has 0 rings (SSSR count). The second-order valence-electron chi connectivity index (χ2n) is 3.75. The van der Waals surface area contributed by atoms with Gasteiger partial charge in [-0.3, -0.25) is 9.59 Å². The van der Waals surface area contributed by atoms with Crippen LogP contribution in [0.1, 0.15) is 27.2 Å². The molecule has 0 aliphatic carbocycles. The summed E-state index contributed by atoms with van der Waals surface area (Å²) < 4.78 is 9.54. The van der Waals surface area contributed by atoms with E-state index in [-0.39, 0.29) is 24.8 Å². The predicted molar refractivity (Wildman–Crippen MR) is 51.9 cm³/mol. The van der Waals surface area contributed by atoms with Crippen molar-refractivity contribution in [2.24, 2.45) is 5.41 Å². The Kier molecular flexibility index (Phi) is 5.38. The maximum absolute atomic E-state index is 11.4. The van der Waals surface area contributed by atoms with E-state index in [1.54, 1.807) is 20.8 Å². The molecular formula is C10H18O4. The summed E-state index contributed by atoms with van der Waals surface area (Å²) in [5, 5.41) is 0. The molecule has 4 nitrogen and oxygen atoms in total. The van der Waals surface area contributed by atoms with Crippen LogP contribution in [0.15, 0.2) is 0 Å². The van der Waals surface area contributed by atoms with Crippen molar-refractivity contribution >= 4 is 11.8 Å². The molecule has 0 aromatic carbocycles. The minimum Gasteiger partial charge on any atom is -0.466 e. The Bertz CT molecular complexity index is 208. The van der Waals surface area contributed by atoms with E-state index < -0.39 is 5.41 Å². The first kappa shape index (κ1) is 13.1. The number of rotatable bonds is 6. The van der Waals surface area contributed by atoms with Crippen molar-refractivity contribution < 1.29 is 19.1 Å². The standard InChI is InChI=1S/C10H18O4/c1-5-14-9(12)10(2,3)6-8(11)7-13-4/h5-7H2,1-4H3. The molecule has 0 bridgehead atoms. The van der Waals surface area contributed by atoms with Crippen molar-refractivity contribution in [1.29, 1.82) is 0 Å². The number of ether oxygens (including phenoxy) is 2. The van der Waals surface area contributed by atoms with Gasteiger partial charge in [0.25, 0.3) is 0 Å². The molecule has 0 heterocycles. The Morgan fingerprint density at radius 3 is 2.29 bits per heavy atom. The van der Waals surface area contributed by atoms with E-state index in [4.69, 9.17) is 4.74 Å². The van der Waals surface area contributed by atoms with E-state index in [1.165, 1.54) is 7.11 Å². The Balaban J connectivity index is 4.18. The minimum absolute atomic E-state index is 0.0445. The number of carbonyl (C=O) groups is 2. The maximum atomic E-state index is 11.4. The van der Waals surface area contributed by atoms with Gasteiger partial charge in [0.05, 0.1) is 12.0 Å². The summed E-state index contributed by atoms with van der Waals surface area (Å²) in [6, 6.07) is 0. The van der Waals surface area contributed by atoms with E-state index >= 15 is 0 Å². The van der Waals surface area contributed by atoms with E-state index in [1.807, 2.05) is 0 Å². The van der Waals surface area contributed by atoms with E-state index in [0.717, 1.165) is 0 Å². The van der Waals surface area contributed by atoms with Gasteiger partial charge in [-0.2, -0.15) is 0 Å². The van der Waals surface area contributed by atoms with E-state index in [9.17, 15) is 9.59 Å². The Labute approximate surface area is 84.6 Å². The highest BCUT2D eigenvalue weighted by Crippen LogP contribution is 2.22. The second-order valence-corrected chi connectivity index (χ2v) is 3.75. The van der Waals surface area contributed by atoms with Gasteiger partial charge in [0.1, 0.15) is 6.61 Å². The van der Waals surface area contributed by atoms with Crippen LogP contribution in [-0.4, -0.2) is 32.1 Å². The molecule has 0 N–H and O–H groups in total. The largest absolute Gasteiger partial charge is 0.466 e. The first-order valence-corrected chi connectivity index (χ1v) is 4.62. The number of esters is 1. The maximum Gasteiger partial charge on any atom is 0.311 e. The van der Waals surface area contributed by atoms with Crippen LogP contribution in [0.4, 0.5) is 0 Å². The molecule has 0 fully saturated rings. The average Bonchev–Trinajstić information content (AvgIpc) is 2.03. The second kappa shape index (κ2) is 5.75. The SMILES string of the molecule is CCOC(=O)C(C)(C)CC(=O)COC. The van der Waals surface area contributed by atoms with Gasteiger partial charge < -0.3 is 9.47 Å². The Hall–Kier alpha value is -0.900. The van der Waals surface area contributed by atoms with Gasteiger partial charge in [0.2, 0.25) is 0 Å². The van der Waals surface area contributed by atoms with Crippen molar-refractivity contribution in [2.45, 2.75) is 27.2 Å². The zero-order valence-electron chi connectivity index (χ0n) is 9.25. The third-order valence-electron chi connectivity index (χ3n) is 1.77. The van der Waals surface area contributed by atoms with Gasteiger partial charge in [-0.25, -0.2) is 0 Å². The van der Waals surface area contributed by atoms with Gasteiger partial charge in [0, 0.05) is 13.5 Å². The van der Waals surface area contributed by atoms with Crippen LogP contribution >= 0.6 is 0 Å². The molecule has 4 heteroatoms. The Morgan fingerprint density at radius 1 is 1.29 bits per heavy atom. The van der Waals surface area contributed by atoms with Crippen molar-refractivity contribution in [2.75, 3.05) is 20.3 Å². The number of hydrogen-bond donors (Lipinski definition) is 0. The van der Waals surface area contributed by atoms with Crippen molar-refractivity contribution in [3.8, 4) is 0 Å². The van der Waals surface area contributed by atoms with Gasteiger partial charge >= 0.3 is 5.97 Å². The molecule has 0 aromatic rings. The zero-order valence-corrected chi connectivity index (χ0v) is 9.25. The van der Waals surface area contributed by atoms with Crippen LogP contribution in [0.25, 0.3) is 0 Å². The molecule has 0 saturated heterocycles. The highest BCUT2D eigenvalue weighted by Gasteiger charge is 2.31. The number of Topliss-reactive ketones (excluding diaryl/α,β-unsaturated/α-hetero) is 1. The van der Waals surface area contributed by atoms with Crippen molar-refractivity contribution in [3.63, 3.8) is 0 Å². The van der Waals surface area contributed by atoms with E-state index in [0.29, 0.717) is 6.61 Å².